The third-order valence-corrected chi connectivity index (χ3v) is 5.50. The van der Waals surface area contributed by atoms with Crippen LogP contribution in [0.15, 0.2) is 42.9 Å². The van der Waals surface area contributed by atoms with E-state index in [9.17, 15) is 8.78 Å². The third-order valence-electron chi connectivity index (χ3n) is 5.50. The van der Waals surface area contributed by atoms with E-state index >= 15 is 4.39 Å². The summed E-state index contributed by atoms with van der Waals surface area (Å²) in [6.07, 6.45) is 7.14. The predicted octanol–water partition coefficient (Wildman–Crippen LogP) is 5.10. The topological polar surface area (TPSA) is 89.6 Å². The number of nitrogen functional groups attached to an aromatic ring is 1. The summed E-state index contributed by atoms with van der Waals surface area (Å²) in [4.78, 5) is 16.5. The molecule has 1 aliphatic rings. The molecule has 3 N–H and O–H groups in total. The molecule has 0 amide bonds. The molecule has 5 rings (SSSR count). The number of nitrogens with two attached hydrogens (primary N) is 1. The van der Waals surface area contributed by atoms with E-state index in [0.717, 1.165) is 37.0 Å². The van der Waals surface area contributed by atoms with E-state index in [1.54, 1.807) is 6.07 Å². The van der Waals surface area contributed by atoms with Crippen molar-refractivity contribution in [2.24, 2.45) is 0 Å². The number of fused-ring (bicyclic) bond motifs is 1. The zero-order valence-corrected chi connectivity index (χ0v) is 16.2. The summed E-state index contributed by atoms with van der Waals surface area (Å²) in [7, 11) is 0. The maximum Gasteiger partial charge on any atom is 0.161 e. The van der Waals surface area contributed by atoms with Crippen LogP contribution in [-0.4, -0.2) is 19.9 Å². The Labute approximate surface area is 175 Å². The van der Waals surface area contributed by atoms with Gasteiger partial charge in [0.25, 0.3) is 0 Å². The van der Waals surface area contributed by atoms with E-state index in [1.807, 2.05) is 6.07 Å². The SMILES string of the molecule is Nc1cnc(-c2ccc(C3CCC3)c(Nc3cnc4cc(F)c(F)cc4n3)c2F)cn1. The minimum atomic E-state index is -1.02. The van der Waals surface area contributed by atoms with Crippen molar-refractivity contribution in [1.82, 2.24) is 19.9 Å². The minimum absolute atomic E-state index is 0.162. The highest BCUT2D eigenvalue weighted by Gasteiger charge is 2.26. The number of halogens is 3. The maximum atomic E-state index is 15.6. The first-order valence-corrected chi connectivity index (χ1v) is 9.78. The van der Waals surface area contributed by atoms with Gasteiger partial charge in [-0.3, -0.25) is 9.97 Å². The largest absolute Gasteiger partial charge is 0.382 e. The van der Waals surface area contributed by atoms with Crippen LogP contribution in [-0.2, 0) is 0 Å². The molecule has 1 fully saturated rings. The van der Waals surface area contributed by atoms with Gasteiger partial charge in [-0.15, -0.1) is 0 Å². The fraction of sp³-hybridized carbons (Fsp3) is 0.182. The number of hydrogen-bond acceptors (Lipinski definition) is 6. The van der Waals surface area contributed by atoms with Gasteiger partial charge < -0.3 is 11.1 Å². The summed E-state index contributed by atoms with van der Waals surface area (Å²) in [5.74, 6) is -1.84. The van der Waals surface area contributed by atoms with Crippen LogP contribution in [0.2, 0.25) is 0 Å². The van der Waals surface area contributed by atoms with Gasteiger partial charge in [-0.2, -0.15) is 0 Å². The van der Waals surface area contributed by atoms with Crippen LogP contribution >= 0.6 is 0 Å². The lowest BCUT2D eigenvalue weighted by molar-refractivity contribution is 0.419. The zero-order chi connectivity index (χ0) is 21.5. The Morgan fingerprint density at radius 2 is 1.68 bits per heavy atom. The summed E-state index contributed by atoms with van der Waals surface area (Å²) >= 11 is 0. The molecule has 2 aromatic carbocycles. The molecule has 0 saturated heterocycles. The highest BCUT2D eigenvalue weighted by atomic mass is 19.2. The Balaban J connectivity index is 1.59. The van der Waals surface area contributed by atoms with E-state index in [4.69, 9.17) is 5.73 Å². The lowest BCUT2D eigenvalue weighted by Crippen LogP contribution is -2.13. The predicted molar refractivity (Wildman–Crippen MR) is 111 cm³/mol. The lowest BCUT2D eigenvalue weighted by atomic mass is 9.79. The van der Waals surface area contributed by atoms with Crippen LogP contribution in [0.25, 0.3) is 22.3 Å². The summed E-state index contributed by atoms with van der Waals surface area (Å²) in [6, 6.07) is 5.49. The van der Waals surface area contributed by atoms with Crippen LogP contribution in [0, 0.1) is 17.5 Å². The van der Waals surface area contributed by atoms with E-state index in [0.29, 0.717) is 5.69 Å². The van der Waals surface area contributed by atoms with Crippen molar-refractivity contribution >= 4 is 28.4 Å². The van der Waals surface area contributed by atoms with E-state index in [1.165, 1.54) is 18.6 Å². The Morgan fingerprint density at radius 1 is 0.903 bits per heavy atom. The van der Waals surface area contributed by atoms with E-state index in [2.05, 4.69) is 25.3 Å². The van der Waals surface area contributed by atoms with E-state index in [-0.39, 0.29) is 39.8 Å². The summed E-state index contributed by atoms with van der Waals surface area (Å²) in [5, 5.41) is 3.00. The van der Waals surface area contributed by atoms with Crippen LogP contribution in [0.4, 0.5) is 30.5 Å². The third kappa shape index (κ3) is 3.52. The van der Waals surface area contributed by atoms with Crippen molar-refractivity contribution < 1.29 is 13.2 Å². The summed E-state index contributed by atoms with van der Waals surface area (Å²) in [5.41, 5.74) is 7.64. The summed E-state index contributed by atoms with van der Waals surface area (Å²) in [6.45, 7) is 0. The number of nitrogens with one attached hydrogen (secondary N) is 1. The molecule has 9 heteroatoms. The fourth-order valence-electron chi connectivity index (χ4n) is 3.65. The van der Waals surface area contributed by atoms with Gasteiger partial charge in [-0.1, -0.05) is 12.5 Å². The molecule has 0 spiro atoms. The molecule has 0 atom stereocenters. The molecule has 6 nitrogen and oxygen atoms in total. The lowest BCUT2D eigenvalue weighted by Gasteiger charge is -2.28. The Bertz CT molecular complexity index is 1290. The number of aromatic nitrogens is 4. The molecular formula is C22H17F3N6. The number of nitrogens with zero attached hydrogens (tertiary/aromatic N) is 4. The zero-order valence-electron chi connectivity index (χ0n) is 16.2. The Kier molecular flexibility index (Phi) is 4.65. The summed E-state index contributed by atoms with van der Waals surface area (Å²) < 4.78 is 42.7. The molecule has 1 saturated carbocycles. The second-order valence-corrected chi connectivity index (χ2v) is 7.48. The van der Waals surface area contributed by atoms with Gasteiger partial charge >= 0.3 is 0 Å². The van der Waals surface area contributed by atoms with Gasteiger partial charge in [0.15, 0.2) is 17.5 Å². The standard InChI is InChI=1S/C22H17F3N6/c23-14-6-16-17(7-15(14)24)30-20(10-28-16)31-22-12(11-2-1-3-11)4-5-13(21(22)25)18-8-29-19(26)9-27-18/h4-11H,1-3H2,(H2,26,29)(H,30,31). The van der Waals surface area contributed by atoms with Crippen LogP contribution in [0.5, 0.6) is 0 Å². The quantitative estimate of drug-likeness (QED) is 0.476. The first kappa shape index (κ1) is 19.2. The monoisotopic (exact) mass is 422 g/mol. The highest BCUT2D eigenvalue weighted by Crippen LogP contribution is 2.43. The molecule has 156 valence electrons. The smallest absolute Gasteiger partial charge is 0.161 e. The molecule has 1 aliphatic carbocycles. The van der Waals surface area contributed by atoms with Gasteiger partial charge in [0.1, 0.15) is 11.6 Å². The molecule has 0 radical (unpaired) electrons. The molecule has 4 aromatic rings. The molecule has 0 aliphatic heterocycles. The van der Waals surface area contributed by atoms with Crippen molar-refractivity contribution in [1.29, 1.82) is 0 Å². The van der Waals surface area contributed by atoms with Gasteiger partial charge in [0, 0.05) is 17.7 Å². The molecular weight excluding hydrogens is 405 g/mol. The van der Waals surface area contributed by atoms with Crippen molar-refractivity contribution in [3.05, 3.63) is 65.9 Å². The average molecular weight is 422 g/mol. The number of rotatable bonds is 4. The second kappa shape index (κ2) is 7.50. The van der Waals surface area contributed by atoms with E-state index < -0.39 is 17.5 Å². The van der Waals surface area contributed by atoms with Gasteiger partial charge in [-0.25, -0.2) is 23.1 Å². The molecule has 0 bridgehead atoms. The first-order valence-electron chi connectivity index (χ1n) is 9.78. The minimum Gasteiger partial charge on any atom is -0.382 e. The maximum absolute atomic E-state index is 15.6. The van der Waals surface area contributed by atoms with Crippen LogP contribution < -0.4 is 11.1 Å². The van der Waals surface area contributed by atoms with Gasteiger partial charge in [0.2, 0.25) is 0 Å². The molecule has 2 heterocycles. The average Bonchev–Trinajstić information content (AvgIpc) is 2.71. The van der Waals surface area contributed by atoms with Gasteiger partial charge in [0.05, 0.1) is 41.0 Å². The first-order chi connectivity index (χ1) is 15.0. The highest BCUT2D eigenvalue weighted by molar-refractivity contribution is 5.78. The Morgan fingerprint density at radius 3 is 2.35 bits per heavy atom. The number of hydrogen-bond donors (Lipinski definition) is 2. The second-order valence-electron chi connectivity index (χ2n) is 7.48. The van der Waals surface area contributed by atoms with Crippen molar-refractivity contribution in [2.45, 2.75) is 25.2 Å². The van der Waals surface area contributed by atoms with Crippen LogP contribution in [0.3, 0.4) is 0 Å². The van der Waals surface area contributed by atoms with Gasteiger partial charge in [-0.05, 0) is 30.4 Å². The number of benzene rings is 2. The molecule has 2 aromatic heterocycles. The fourth-order valence-corrected chi connectivity index (χ4v) is 3.65. The van der Waals surface area contributed by atoms with Crippen molar-refractivity contribution in [3.63, 3.8) is 0 Å². The molecule has 31 heavy (non-hydrogen) atoms. The van der Waals surface area contributed by atoms with Crippen LogP contribution in [0.1, 0.15) is 30.7 Å². The molecule has 0 unspecified atom stereocenters. The Hall–Kier alpha value is -3.75. The van der Waals surface area contributed by atoms with Crippen molar-refractivity contribution in [3.8, 4) is 11.3 Å². The van der Waals surface area contributed by atoms with Crippen molar-refractivity contribution in [2.75, 3.05) is 11.1 Å². The normalized spacial score (nSPS) is 13.9. The number of anilines is 3.